The van der Waals surface area contributed by atoms with E-state index in [0.717, 1.165) is 49.5 Å². The molecule has 0 aliphatic carbocycles. The predicted octanol–water partition coefficient (Wildman–Crippen LogP) is 3.32. The fraction of sp³-hybridized carbons (Fsp3) is 0.421. The molecular formula is C19H22N4OS. The van der Waals surface area contributed by atoms with Crippen molar-refractivity contribution in [2.24, 2.45) is 0 Å². The van der Waals surface area contributed by atoms with E-state index >= 15 is 0 Å². The minimum absolute atomic E-state index is 0.0743. The largest absolute Gasteiger partial charge is 0.343 e. The van der Waals surface area contributed by atoms with Crippen molar-refractivity contribution in [1.29, 1.82) is 0 Å². The topological polar surface area (TPSA) is 50.5 Å². The van der Waals surface area contributed by atoms with Crippen molar-refractivity contribution in [3.05, 3.63) is 58.0 Å². The molecule has 1 aliphatic heterocycles. The molecule has 0 amide bonds. The highest BCUT2D eigenvalue weighted by atomic mass is 32.1. The molecule has 6 heteroatoms. The highest BCUT2D eigenvalue weighted by Crippen LogP contribution is 2.30. The molecule has 3 heterocycles. The van der Waals surface area contributed by atoms with Gasteiger partial charge in [-0.25, -0.2) is 4.98 Å². The number of anilines is 1. The first-order valence-corrected chi connectivity index (χ1v) is 9.76. The van der Waals surface area contributed by atoms with E-state index in [1.54, 1.807) is 6.07 Å². The Morgan fingerprint density at radius 3 is 2.92 bits per heavy atom. The molecule has 0 saturated carbocycles. The highest BCUT2D eigenvalue weighted by molar-refractivity contribution is 7.20. The van der Waals surface area contributed by atoms with Crippen LogP contribution in [-0.4, -0.2) is 27.2 Å². The van der Waals surface area contributed by atoms with Crippen molar-refractivity contribution >= 4 is 21.4 Å². The van der Waals surface area contributed by atoms with Crippen LogP contribution < -0.4 is 10.5 Å². The Balaban J connectivity index is 1.64. The molecule has 1 aromatic carbocycles. The molecule has 1 saturated heterocycles. The van der Waals surface area contributed by atoms with Gasteiger partial charge in [-0.1, -0.05) is 55.0 Å². The Morgan fingerprint density at radius 1 is 1.28 bits per heavy atom. The quantitative estimate of drug-likeness (QED) is 0.705. The molecule has 0 radical (unpaired) electrons. The smallest absolute Gasteiger partial charge is 0.275 e. The summed E-state index contributed by atoms with van der Waals surface area (Å²) in [5, 5.41) is 5.49. The van der Waals surface area contributed by atoms with Crippen LogP contribution in [0.2, 0.25) is 0 Å². The number of nitrogens with zero attached hydrogens (tertiary/aromatic N) is 4. The van der Waals surface area contributed by atoms with Gasteiger partial charge in [-0.05, 0) is 31.2 Å². The van der Waals surface area contributed by atoms with E-state index in [2.05, 4.69) is 52.2 Å². The van der Waals surface area contributed by atoms with E-state index in [1.165, 1.54) is 21.4 Å². The lowest BCUT2D eigenvalue weighted by Gasteiger charge is -2.23. The van der Waals surface area contributed by atoms with Crippen LogP contribution in [0.15, 0.2) is 41.2 Å². The SMILES string of the molecule is CCCc1cc(=O)n2nc(N3CCCC3Cc3ccccc3)sc2n1. The van der Waals surface area contributed by atoms with E-state index in [-0.39, 0.29) is 5.56 Å². The summed E-state index contributed by atoms with van der Waals surface area (Å²) in [6, 6.07) is 12.6. The molecule has 5 nitrogen and oxygen atoms in total. The van der Waals surface area contributed by atoms with Crippen LogP contribution in [0.25, 0.3) is 4.96 Å². The third kappa shape index (κ3) is 3.31. The lowest BCUT2D eigenvalue weighted by Crippen LogP contribution is -2.31. The third-order valence-corrected chi connectivity index (χ3v) is 5.68. The summed E-state index contributed by atoms with van der Waals surface area (Å²) >= 11 is 1.53. The van der Waals surface area contributed by atoms with Gasteiger partial charge in [0, 0.05) is 24.3 Å². The van der Waals surface area contributed by atoms with Crippen LogP contribution in [0, 0.1) is 0 Å². The molecule has 1 fully saturated rings. The predicted molar refractivity (Wildman–Crippen MR) is 102 cm³/mol. The van der Waals surface area contributed by atoms with Gasteiger partial charge in [0.15, 0.2) is 0 Å². The molecule has 4 rings (SSSR count). The second kappa shape index (κ2) is 6.96. The number of fused-ring (bicyclic) bond motifs is 1. The maximum Gasteiger partial charge on any atom is 0.275 e. The van der Waals surface area contributed by atoms with E-state index < -0.39 is 0 Å². The van der Waals surface area contributed by atoms with Gasteiger partial charge in [0.2, 0.25) is 10.1 Å². The van der Waals surface area contributed by atoms with Gasteiger partial charge in [0.05, 0.1) is 0 Å². The standard InChI is InChI=1S/C19H22N4OS/c1-2-7-15-13-17(24)23-18(20-15)25-19(21-23)22-11-6-10-16(22)12-14-8-4-3-5-9-14/h3-5,8-9,13,16H,2,6-7,10-12H2,1H3. The van der Waals surface area contributed by atoms with Gasteiger partial charge >= 0.3 is 0 Å². The first-order chi connectivity index (χ1) is 12.2. The Kier molecular flexibility index (Phi) is 4.53. The molecule has 0 spiro atoms. The molecule has 25 heavy (non-hydrogen) atoms. The molecular weight excluding hydrogens is 332 g/mol. The highest BCUT2D eigenvalue weighted by Gasteiger charge is 2.28. The van der Waals surface area contributed by atoms with Crippen molar-refractivity contribution in [2.75, 3.05) is 11.4 Å². The first kappa shape index (κ1) is 16.3. The Bertz CT molecular complexity index is 918. The van der Waals surface area contributed by atoms with Gasteiger partial charge in [-0.15, -0.1) is 5.10 Å². The van der Waals surface area contributed by atoms with Crippen LogP contribution in [-0.2, 0) is 12.8 Å². The van der Waals surface area contributed by atoms with Crippen molar-refractivity contribution < 1.29 is 0 Å². The van der Waals surface area contributed by atoms with Gasteiger partial charge in [0.25, 0.3) is 5.56 Å². The average Bonchev–Trinajstić information content (AvgIpc) is 3.23. The van der Waals surface area contributed by atoms with Gasteiger partial charge in [0.1, 0.15) is 0 Å². The molecule has 130 valence electrons. The Hall–Kier alpha value is -2.21. The number of rotatable bonds is 5. The zero-order chi connectivity index (χ0) is 17.2. The van der Waals surface area contributed by atoms with Crippen molar-refractivity contribution in [2.45, 2.75) is 45.1 Å². The molecule has 1 atom stereocenters. The Morgan fingerprint density at radius 2 is 2.12 bits per heavy atom. The molecule has 1 unspecified atom stereocenters. The van der Waals surface area contributed by atoms with Crippen LogP contribution >= 0.6 is 11.3 Å². The number of hydrogen-bond donors (Lipinski definition) is 0. The number of aromatic nitrogens is 3. The number of benzene rings is 1. The second-order valence-electron chi connectivity index (χ2n) is 6.59. The summed E-state index contributed by atoms with van der Waals surface area (Å²) in [5.41, 5.74) is 2.14. The summed E-state index contributed by atoms with van der Waals surface area (Å²) < 4.78 is 1.46. The summed E-state index contributed by atoms with van der Waals surface area (Å²) in [6.45, 7) is 3.09. The van der Waals surface area contributed by atoms with Crippen molar-refractivity contribution in [1.82, 2.24) is 14.6 Å². The Labute approximate surface area is 151 Å². The normalized spacial score (nSPS) is 17.5. The zero-order valence-electron chi connectivity index (χ0n) is 14.4. The monoisotopic (exact) mass is 354 g/mol. The van der Waals surface area contributed by atoms with Gasteiger partial charge < -0.3 is 4.90 Å². The van der Waals surface area contributed by atoms with Crippen LogP contribution in [0.1, 0.15) is 37.4 Å². The summed E-state index contributed by atoms with van der Waals surface area (Å²) in [5.74, 6) is 0. The van der Waals surface area contributed by atoms with E-state index in [4.69, 9.17) is 0 Å². The number of hydrogen-bond acceptors (Lipinski definition) is 5. The van der Waals surface area contributed by atoms with Gasteiger partial charge in [-0.3, -0.25) is 4.79 Å². The molecule has 3 aromatic rings. The van der Waals surface area contributed by atoms with Crippen LogP contribution in [0.4, 0.5) is 5.13 Å². The zero-order valence-corrected chi connectivity index (χ0v) is 15.2. The minimum atomic E-state index is -0.0743. The summed E-state index contributed by atoms with van der Waals surface area (Å²) in [4.78, 5) is 20.0. The lowest BCUT2D eigenvalue weighted by molar-refractivity contribution is 0.657. The summed E-state index contributed by atoms with van der Waals surface area (Å²) in [7, 11) is 0. The molecule has 0 N–H and O–H groups in total. The van der Waals surface area contributed by atoms with Crippen molar-refractivity contribution in [3.8, 4) is 0 Å². The van der Waals surface area contributed by atoms with E-state index in [9.17, 15) is 4.79 Å². The first-order valence-electron chi connectivity index (χ1n) is 8.95. The van der Waals surface area contributed by atoms with Crippen molar-refractivity contribution in [3.63, 3.8) is 0 Å². The molecule has 2 aromatic heterocycles. The summed E-state index contributed by atoms with van der Waals surface area (Å²) in [6.07, 6.45) is 5.16. The molecule has 1 aliphatic rings. The lowest BCUT2D eigenvalue weighted by atomic mass is 10.0. The maximum absolute atomic E-state index is 12.3. The third-order valence-electron chi connectivity index (χ3n) is 4.73. The second-order valence-corrected chi connectivity index (χ2v) is 7.53. The van der Waals surface area contributed by atoms with Crippen LogP contribution in [0.3, 0.4) is 0 Å². The average molecular weight is 354 g/mol. The molecule has 0 bridgehead atoms. The van der Waals surface area contributed by atoms with Crippen LogP contribution in [0.5, 0.6) is 0 Å². The fourth-order valence-corrected chi connectivity index (χ4v) is 4.56. The maximum atomic E-state index is 12.3. The fourth-order valence-electron chi connectivity index (χ4n) is 3.53. The van der Waals surface area contributed by atoms with E-state index in [0.29, 0.717) is 11.0 Å². The number of aryl methyl sites for hydroxylation is 1. The van der Waals surface area contributed by atoms with Gasteiger partial charge in [-0.2, -0.15) is 4.52 Å². The minimum Gasteiger partial charge on any atom is -0.343 e. The van der Waals surface area contributed by atoms with E-state index in [1.807, 2.05) is 0 Å².